The molecule has 1 heterocycles. The highest BCUT2D eigenvalue weighted by molar-refractivity contribution is 6.30. The lowest BCUT2D eigenvalue weighted by Gasteiger charge is -2.24. The van der Waals surface area contributed by atoms with E-state index in [1.54, 1.807) is 0 Å². The van der Waals surface area contributed by atoms with Crippen LogP contribution < -0.4 is 5.32 Å². The van der Waals surface area contributed by atoms with Gasteiger partial charge in [-0.15, -0.1) is 0 Å². The van der Waals surface area contributed by atoms with Crippen molar-refractivity contribution in [1.82, 2.24) is 9.97 Å². The van der Waals surface area contributed by atoms with Crippen LogP contribution in [0.5, 0.6) is 0 Å². The highest BCUT2D eigenvalue weighted by atomic mass is 35.5. The molecule has 5 heteroatoms. The molecule has 4 nitrogen and oxygen atoms in total. The molecule has 0 aliphatic heterocycles. The Morgan fingerprint density at radius 1 is 1.26 bits per heavy atom. The lowest BCUT2D eigenvalue weighted by Crippen LogP contribution is -2.31. The van der Waals surface area contributed by atoms with Crippen molar-refractivity contribution in [3.05, 3.63) is 16.5 Å². The minimum atomic E-state index is -0.166. The van der Waals surface area contributed by atoms with E-state index in [0.29, 0.717) is 22.7 Å². The normalized spacial score (nSPS) is 13.7. The van der Waals surface area contributed by atoms with Gasteiger partial charge in [0.25, 0.3) is 0 Å². The predicted molar refractivity (Wildman–Crippen MR) is 79.8 cm³/mol. The van der Waals surface area contributed by atoms with Crippen LogP contribution in [0.4, 0.5) is 5.82 Å². The highest BCUT2D eigenvalue weighted by Gasteiger charge is 2.22. The van der Waals surface area contributed by atoms with Crippen molar-refractivity contribution in [2.75, 3.05) is 11.9 Å². The summed E-state index contributed by atoms with van der Waals surface area (Å²) in [6, 6.07) is -0.0440. The summed E-state index contributed by atoms with van der Waals surface area (Å²) in [5, 5.41) is 13.1. The van der Waals surface area contributed by atoms with Crippen molar-refractivity contribution < 1.29 is 5.11 Å². The Hall–Kier alpha value is -0.870. The fraction of sp³-hybridized carbons (Fsp3) is 0.714. The number of aromatic nitrogens is 2. The van der Waals surface area contributed by atoms with E-state index in [9.17, 15) is 5.11 Å². The molecule has 1 atom stereocenters. The number of rotatable bonds is 4. The number of hydrogen-bond donors (Lipinski definition) is 2. The Bertz CT molecular complexity index is 441. The van der Waals surface area contributed by atoms with E-state index >= 15 is 0 Å². The summed E-state index contributed by atoms with van der Waals surface area (Å²) >= 11 is 6.18. The summed E-state index contributed by atoms with van der Waals surface area (Å²) in [4.78, 5) is 8.89. The second-order valence-electron chi connectivity index (χ2n) is 6.24. The molecule has 0 aromatic carbocycles. The average Bonchev–Trinajstić information content (AvgIpc) is 2.28. The number of nitrogens with one attached hydrogen (secondary N) is 1. The van der Waals surface area contributed by atoms with Crippen molar-refractivity contribution in [2.24, 2.45) is 5.92 Å². The SMILES string of the molecule is Cc1c(Cl)nc(C(C)(C)C)nc1N[C@H](CO)C(C)C. The van der Waals surface area contributed by atoms with Gasteiger partial charge in [-0.2, -0.15) is 0 Å². The van der Waals surface area contributed by atoms with Gasteiger partial charge >= 0.3 is 0 Å². The molecule has 0 unspecified atom stereocenters. The lowest BCUT2D eigenvalue weighted by molar-refractivity contribution is 0.249. The van der Waals surface area contributed by atoms with Crippen LogP contribution >= 0.6 is 11.6 Å². The number of aliphatic hydroxyl groups is 1. The standard InChI is InChI=1S/C14H24ClN3O/c1-8(2)10(7-19)16-12-9(3)11(15)17-13(18-12)14(4,5)6/h8,10,19H,7H2,1-6H3,(H,16,17,18)/t10-/m1/s1. The minimum absolute atomic E-state index is 0.0440. The van der Waals surface area contributed by atoms with Gasteiger partial charge < -0.3 is 10.4 Å². The molecule has 1 aromatic rings. The second kappa shape index (κ2) is 6.06. The molecular weight excluding hydrogens is 262 g/mol. The summed E-state index contributed by atoms with van der Waals surface area (Å²) in [5.41, 5.74) is 0.647. The smallest absolute Gasteiger partial charge is 0.137 e. The van der Waals surface area contributed by atoms with E-state index in [-0.39, 0.29) is 18.1 Å². The molecule has 2 N–H and O–H groups in total. The van der Waals surface area contributed by atoms with Gasteiger partial charge in [-0.25, -0.2) is 9.97 Å². The first kappa shape index (κ1) is 16.2. The van der Waals surface area contributed by atoms with Crippen LogP contribution in [0.2, 0.25) is 5.15 Å². The Labute approximate surface area is 120 Å². The van der Waals surface area contributed by atoms with E-state index in [1.807, 2.05) is 27.7 Å². The molecule has 108 valence electrons. The van der Waals surface area contributed by atoms with Crippen LogP contribution in [0, 0.1) is 12.8 Å². The zero-order valence-electron chi connectivity index (χ0n) is 12.6. The molecule has 0 radical (unpaired) electrons. The highest BCUT2D eigenvalue weighted by Crippen LogP contribution is 2.26. The molecule has 0 spiro atoms. The van der Waals surface area contributed by atoms with Crippen molar-refractivity contribution >= 4 is 17.4 Å². The lowest BCUT2D eigenvalue weighted by atomic mass is 9.95. The number of nitrogens with zero attached hydrogens (tertiary/aromatic N) is 2. The van der Waals surface area contributed by atoms with Crippen LogP contribution in [0.25, 0.3) is 0 Å². The summed E-state index contributed by atoms with van der Waals surface area (Å²) in [7, 11) is 0. The minimum Gasteiger partial charge on any atom is -0.394 e. The molecule has 0 amide bonds. The molecule has 0 aliphatic carbocycles. The van der Waals surface area contributed by atoms with E-state index in [4.69, 9.17) is 11.6 Å². The fourth-order valence-corrected chi connectivity index (χ4v) is 1.73. The zero-order valence-corrected chi connectivity index (χ0v) is 13.3. The molecule has 0 fully saturated rings. The van der Waals surface area contributed by atoms with E-state index < -0.39 is 0 Å². The monoisotopic (exact) mass is 285 g/mol. The summed E-state index contributed by atoms with van der Waals surface area (Å²) < 4.78 is 0. The largest absolute Gasteiger partial charge is 0.394 e. The summed E-state index contributed by atoms with van der Waals surface area (Å²) in [6.07, 6.45) is 0. The Morgan fingerprint density at radius 3 is 2.26 bits per heavy atom. The quantitative estimate of drug-likeness (QED) is 0.834. The van der Waals surface area contributed by atoms with Crippen LogP contribution in [0.3, 0.4) is 0 Å². The topological polar surface area (TPSA) is 58.0 Å². The van der Waals surface area contributed by atoms with Crippen LogP contribution in [0.1, 0.15) is 46.0 Å². The Morgan fingerprint density at radius 2 is 1.84 bits per heavy atom. The van der Waals surface area contributed by atoms with Gasteiger partial charge in [0.05, 0.1) is 12.6 Å². The first-order chi connectivity index (χ1) is 8.66. The molecule has 0 saturated carbocycles. The average molecular weight is 286 g/mol. The first-order valence-corrected chi connectivity index (χ1v) is 6.96. The molecule has 0 bridgehead atoms. The van der Waals surface area contributed by atoms with Crippen LogP contribution in [0.15, 0.2) is 0 Å². The maximum absolute atomic E-state index is 9.41. The van der Waals surface area contributed by atoms with E-state index in [1.165, 1.54) is 0 Å². The zero-order chi connectivity index (χ0) is 14.8. The fourth-order valence-electron chi connectivity index (χ4n) is 1.56. The van der Waals surface area contributed by atoms with Gasteiger partial charge in [-0.3, -0.25) is 0 Å². The second-order valence-corrected chi connectivity index (χ2v) is 6.60. The Balaban J connectivity index is 3.16. The summed E-state index contributed by atoms with van der Waals surface area (Å²) in [5.74, 6) is 1.71. The molecular formula is C14H24ClN3O. The first-order valence-electron chi connectivity index (χ1n) is 6.58. The van der Waals surface area contributed by atoms with Crippen LogP contribution in [-0.4, -0.2) is 27.7 Å². The number of hydrogen-bond acceptors (Lipinski definition) is 4. The van der Waals surface area contributed by atoms with E-state index in [0.717, 1.165) is 5.56 Å². The molecule has 0 saturated heterocycles. The van der Waals surface area contributed by atoms with Gasteiger partial charge in [0, 0.05) is 11.0 Å². The maximum Gasteiger partial charge on any atom is 0.137 e. The molecule has 19 heavy (non-hydrogen) atoms. The van der Waals surface area contributed by atoms with Gasteiger partial charge in [0.1, 0.15) is 16.8 Å². The van der Waals surface area contributed by atoms with Crippen LogP contribution in [-0.2, 0) is 5.41 Å². The Kier molecular flexibility index (Phi) is 5.16. The predicted octanol–water partition coefficient (Wildman–Crippen LogP) is 3.16. The number of anilines is 1. The van der Waals surface area contributed by atoms with Crippen molar-refractivity contribution in [1.29, 1.82) is 0 Å². The van der Waals surface area contributed by atoms with Gasteiger partial charge in [0.2, 0.25) is 0 Å². The number of aliphatic hydroxyl groups excluding tert-OH is 1. The molecule has 0 aliphatic rings. The van der Waals surface area contributed by atoms with Crippen molar-refractivity contribution in [3.8, 4) is 0 Å². The molecule has 1 rings (SSSR count). The summed E-state index contributed by atoms with van der Waals surface area (Å²) in [6.45, 7) is 12.2. The third-order valence-corrected chi connectivity index (χ3v) is 3.45. The third kappa shape index (κ3) is 4.05. The van der Waals surface area contributed by atoms with Gasteiger partial charge in [-0.05, 0) is 12.8 Å². The van der Waals surface area contributed by atoms with Gasteiger partial charge in [-0.1, -0.05) is 46.2 Å². The molecule has 1 aromatic heterocycles. The van der Waals surface area contributed by atoms with Gasteiger partial charge in [0.15, 0.2) is 0 Å². The van der Waals surface area contributed by atoms with Crippen molar-refractivity contribution in [2.45, 2.75) is 53.0 Å². The maximum atomic E-state index is 9.41. The number of halogens is 1. The third-order valence-electron chi connectivity index (χ3n) is 3.08. The van der Waals surface area contributed by atoms with Crippen molar-refractivity contribution in [3.63, 3.8) is 0 Å². The van der Waals surface area contributed by atoms with E-state index in [2.05, 4.69) is 29.1 Å².